The van der Waals surface area contributed by atoms with Crippen LogP contribution in [0.5, 0.6) is 0 Å². The highest BCUT2D eigenvalue weighted by molar-refractivity contribution is 8.17. The smallest absolute Gasteiger partial charge is 0.300 e. The molecule has 38 valence electrons. The Balaban J connectivity index is 3.79. The summed E-state index contributed by atoms with van der Waals surface area (Å²) in [6.45, 7) is -2.98. The van der Waals surface area contributed by atoms with Gasteiger partial charge in [-0.2, -0.15) is 0 Å². The zero-order valence-corrected chi connectivity index (χ0v) is 5.04. The van der Waals surface area contributed by atoms with Crippen LogP contribution in [0, 0.1) is 0 Å². The highest BCUT2D eigenvalue weighted by atomic mass is 32.5. The molecule has 0 radical (unpaired) electrons. The van der Waals surface area contributed by atoms with Crippen LogP contribution in [-0.2, 0) is 10.9 Å². The third-order valence-electron chi connectivity index (χ3n) is 0.269. The average molecular weight is 128 g/mol. The first-order valence-electron chi connectivity index (χ1n) is 1.25. The first-order valence-corrected chi connectivity index (χ1v) is 4.84. The molecule has 5 heteroatoms. The molecule has 0 aliphatic heterocycles. The lowest BCUT2D eigenvalue weighted by molar-refractivity contribution is 0.480. The molecule has 0 saturated carbocycles. The largest absolute Gasteiger partial charge is 0.444 e. The van der Waals surface area contributed by atoms with Gasteiger partial charge in [-0.1, -0.05) is 0 Å². The Hall–Kier alpha value is 0.530. The quantitative estimate of drug-likeness (QED) is 0.299. The standard InChI is InChI=1S/CH7NO2PS/c1-6-5(2,3)4/h3-4H,2H2,1H3/q+1. The molecule has 0 aliphatic rings. The van der Waals surface area contributed by atoms with Crippen LogP contribution in [0.1, 0.15) is 0 Å². The van der Waals surface area contributed by atoms with Gasteiger partial charge in [0, 0.05) is 0 Å². The fourth-order valence-corrected chi connectivity index (χ4v) is 0. The van der Waals surface area contributed by atoms with E-state index in [4.69, 9.17) is 15.3 Å². The van der Waals surface area contributed by atoms with Crippen LogP contribution < -0.4 is 5.50 Å². The van der Waals surface area contributed by atoms with Crippen LogP contribution in [0.25, 0.3) is 0 Å². The lowest BCUT2D eigenvalue weighted by atomic mass is 12.0. The SMILES string of the molecule is C[S+]=P(N)(O)O. The third-order valence-corrected chi connectivity index (χ3v) is 2.42. The van der Waals surface area contributed by atoms with E-state index in [1.807, 2.05) is 0 Å². The molecule has 0 atom stereocenters. The van der Waals surface area contributed by atoms with Crippen LogP contribution in [-0.4, -0.2) is 16.0 Å². The lowest BCUT2D eigenvalue weighted by Crippen LogP contribution is -1.90. The monoisotopic (exact) mass is 128 g/mol. The van der Waals surface area contributed by atoms with Crippen LogP contribution >= 0.6 is 6.64 Å². The highest BCUT2D eigenvalue weighted by Crippen LogP contribution is 2.24. The van der Waals surface area contributed by atoms with E-state index in [0.29, 0.717) is 0 Å². The summed E-state index contributed by atoms with van der Waals surface area (Å²) >= 11 is 0. The van der Waals surface area contributed by atoms with E-state index >= 15 is 0 Å². The average Bonchev–Trinajstić information content (AvgIpc) is 1.35. The minimum Gasteiger partial charge on any atom is -0.300 e. The van der Waals surface area contributed by atoms with Gasteiger partial charge in [0.25, 0.3) is 0 Å². The van der Waals surface area contributed by atoms with Crippen LogP contribution in [0.3, 0.4) is 0 Å². The fraction of sp³-hybridized carbons (Fsp3) is 1.00. The van der Waals surface area contributed by atoms with Crippen LogP contribution in [0.4, 0.5) is 0 Å². The summed E-state index contributed by atoms with van der Waals surface area (Å²) < 4.78 is 0. The first kappa shape index (κ1) is 6.53. The zero-order valence-electron chi connectivity index (χ0n) is 3.33. The summed E-state index contributed by atoms with van der Waals surface area (Å²) in [5, 5.41) is 0. The second-order valence-corrected chi connectivity index (χ2v) is 5.02. The highest BCUT2D eigenvalue weighted by Gasteiger charge is 2.09. The summed E-state index contributed by atoms with van der Waals surface area (Å²) in [6, 6.07) is 0. The molecule has 0 fully saturated rings. The maximum atomic E-state index is 8.23. The number of hydrogen-bond acceptors (Lipinski definition) is 0. The van der Waals surface area contributed by atoms with Gasteiger partial charge in [0.15, 0.2) is 6.26 Å². The van der Waals surface area contributed by atoms with Gasteiger partial charge in [-0.3, -0.25) is 9.79 Å². The predicted molar refractivity (Wildman–Crippen MR) is 28.8 cm³/mol. The van der Waals surface area contributed by atoms with Gasteiger partial charge in [0.2, 0.25) is 10.9 Å². The molecule has 0 amide bonds. The molecule has 0 aromatic heterocycles. The number of nitrogens with two attached hydrogens (primary N) is 1. The van der Waals surface area contributed by atoms with Crippen molar-refractivity contribution in [2.24, 2.45) is 5.50 Å². The van der Waals surface area contributed by atoms with E-state index in [2.05, 4.69) is 0 Å². The van der Waals surface area contributed by atoms with Crippen LogP contribution in [0.15, 0.2) is 0 Å². The molecule has 0 spiro atoms. The normalized spacial score (nSPS) is 11.3. The maximum Gasteiger partial charge on any atom is 0.444 e. The van der Waals surface area contributed by atoms with Gasteiger partial charge < -0.3 is 0 Å². The molecule has 0 aromatic rings. The Labute approximate surface area is 40.0 Å². The van der Waals surface area contributed by atoms with Gasteiger partial charge in [-0.05, 0) is 0 Å². The lowest BCUT2D eigenvalue weighted by Gasteiger charge is -1.82. The Kier molecular flexibility index (Phi) is 2.18. The summed E-state index contributed by atoms with van der Waals surface area (Å²) in [6.07, 6.45) is 1.55. The second-order valence-electron chi connectivity index (χ2n) is 0.772. The van der Waals surface area contributed by atoms with Crippen molar-refractivity contribution in [1.82, 2.24) is 0 Å². The van der Waals surface area contributed by atoms with Crippen molar-refractivity contribution in [3.05, 3.63) is 0 Å². The molecule has 0 aliphatic carbocycles. The molecule has 0 bridgehead atoms. The maximum absolute atomic E-state index is 8.23. The van der Waals surface area contributed by atoms with E-state index in [1.165, 1.54) is 0 Å². The van der Waals surface area contributed by atoms with Crippen LogP contribution in [0.2, 0.25) is 0 Å². The van der Waals surface area contributed by atoms with Crippen molar-refractivity contribution in [3.8, 4) is 0 Å². The predicted octanol–water partition coefficient (Wildman–Crippen LogP) is -0.680. The molecule has 6 heavy (non-hydrogen) atoms. The minimum absolute atomic E-state index is 0.882. The first-order chi connectivity index (χ1) is 2.56. The Morgan fingerprint density at radius 2 is 1.83 bits per heavy atom. The zero-order chi connectivity index (χ0) is 5.21. The molecule has 3 nitrogen and oxygen atoms in total. The molecule has 0 heterocycles. The third kappa shape index (κ3) is 4.53. The van der Waals surface area contributed by atoms with Crippen molar-refractivity contribution < 1.29 is 9.79 Å². The van der Waals surface area contributed by atoms with E-state index < -0.39 is 6.64 Å². The van der Waals surface area contributed by atoms with Crippen molar-refractivity contribution in [2.45, 2.75) is 0 Å². The van der Waals surface area contributed by atoms with Crippen molar-refractivity contribution in [2.75, 3.05) is 6.26 Å². The van der Waals surface area contributed by atoms with Gasteiger partial charge in [0.05, 0.1) is 0 Å². The Bertz CT molecular complexity index is 77.3. The van der Waals surface area contributed by atoms with Crippen molar-refractivity contribution >= 4 is 17.6 Å². The Morgan fingerprint density at radius 3 is 1.83 bits per heavy atom. The van der Waals surface area contributed by atoms with E-state index in [0.717, 1.165) is 10.9 Å². The topological polar surface area (TPSA) is 66.5 Å². The van der Waals surface area contributed by atoms with Gasteiger partial charge in [-0.25, -0.2) is 5.50 Å². The van der Waals surface area contributed by atoms with Gasteiger partial charge >= 0.3 is 6.64 Å². The molecular weight excluding hydrogens is 121 g/mol. The van der Waals surface area contributed by atoms with Crippen molar-refractivity contribution in [1.29, 1.82) is 0 Å². The van der Waals surface area contributed by atoms with E-state index in [9.17, 15) is 0 Å². The molecule has 0 saturated heterocycles. The van der Waals surface area contributed by atoms with Crippen molar-refractivity contribution in [3.63, 3.8) is 0 Å². The van der Waals surface area contributed by atoms with Gasteiger partial charge in [0.1, 0.15) is 0 Å². The summed E-state index contributed by atoms with van der Waals surface area (Å²) in [5.41, 5.74) is 4.72. The molecule has 0 unspecified atom stereocenters. The summed E-state index contributed by atoms with van der Waals surface area (Å²) in [4.78, 5) is 16.5. The molecule has 0 rings (SSSR count). The number of hydrogen-bond donors (Lipinski definition) is 3. The summed E-state index contributed by atoms with van der Waals surface area (Å²) in [7, 11) is 0.882. The van der Waals surface area contributed by atoms with E-state index in [1.54, 1.807) is 6.26 Å². The molecule has 4 N–H and O–H groups in total. The number of rotatable bonds is 0. The second kappa shape index (κ2) is 2.00. The van der Waals surface area contributed by atoms with Gasteiger partial charge in [-0.15, -0.1) is 0 Å². The molecular formula is CH7NO2PS+. The van der Waals surface area contributed by atoms with E-state index in [-0.39, 0.29) is 0 Å². The fourth-order valence-electron chi connectivity index (χ4n) is 0. The summed E-state index contributed by atoms with van der Waals surface area (Å²) in [5.74, 6) is 0. The molecule has 0 aromatic carbocycles. The Morgan fingerprint density at radius 1 is 1.67 bits per heavy atom. The minimum atomic E-state index is -2.98.